The number of amides is 1. The number of rotatable bonds is 9. The zero-order valence-corrected chi connectivity index (χ0v) is 20.0. The second-order valence-electron chi connectivity index (χ2n) is 8.44. The Morgan fingerprint density at radius 2 is 1.74 bits per heavy atom. The molecule has 1 aliphatic rings. The Balaban J connectivity index is 1.46. The number of aliphatic hydroxyl groups excluding tert-OH is 1. The number of hydrogen-bond donors (Lipinski definition) is 3. The normalized spacial score (nSPS) is 16.3. The maximum Gasteiger partial charge on any atom is 0.423 e. The number of aromatic amines is 1. The van der Waals surface area contributed by atoms with Crippen molar-refractivity contribution in [2.75, 3.05) is 49.6 Å². The van der Waals surface area contributed by atoms with Gasteiger partial charge in [-0.25, -0.2) is 15.1 Å². The third-order valence-electron chi connectivity index (χ3n) is 5.70. The van der Waals surface area contributed by atoms with E-state index in [0.29, 0.717) is 25.5 Å². The summed E-state index contributed by atoms with van der Waals surface area (Å²) in [6, 6.07) is -1.04. The molecule has 0 radical (unpaired) electrons. The van der Waals surface area contributed by atoms with Crippen molar-refractivity contribution in [3.05, 3.63) is 40.1 Å². The SMILES string of the molecule is CC(O)[C@@H](COCCC(=O)N1CCN(c2ncc(C(F)(F)F)cn2)CC1)Nc1cn[nH]c(=O)c1C(F)(F)F. The zero-order valence-electron chi connectivity index (χ0n) is 20.0. The molecule has 1 amide bonds. The summed E-state index contributed by atoms with van der Waals surface area (Å²) in [7, 11) is 0. The summed E-state index contributed by atoms with van der Waals surface area (Å²) in [6.45, 7) is 2.11. The molecule has 1 saturated heterocycles. The lowest BCUT2D eigenvalue weighted by Gasteiger charge is -2.34. The van der Waals surface area contributed by atoms with Crippen molar-refractivity contribution >= 4 is 17.5 Å². The van der Waals surface area contributed by atoms with Gasteiger partial charge in [0.2, 0.25) is 11.9 Å². The van der Waals surface area contributed by atoms with Gasteiger partial charge in [-0.3, -0.25) is 9.59 Å². The van der Waals surface area contributed by atoms with Gasteiger partial charge in [-0.15, -0.1) is 0 Å². The van der Waals surface area contributed by atoms with Crippen LogP contribution in [-0.4, -0.2) is 87.6 Å². The number of piperazine rings is 1. The number of halogens is 6. The van der Waals surface area contributed by atoms with Crippen molar-refractivity contribution in [3.8, 4) is 0 Å². The molecule has 3 heterocycles. The average Bonchev–Trinajstić information content (AvgIpc) is 2.84. The number of carbonyl (C=O) groups is 1. The molecule has 11 nitrogen and oxygen atoms in total. The third-order valence-corrected chi connectivity index (χ3v) is 5.70. The lowest BCUT2D eigenvalue weighted by Crippen LogP contribution is -2.49. The van der Waals surface area contributed by atoms with Crippen molar-refractivity contribution in [3.63, 3.8) is 0 Å². The highest BCUT2D eigenvalue weighted by atomic mass is 19.4. The van der Waals surface area contributed by atoms with Crippen LogP contribution < -0.4 is 15.8 Å². The average molecular weight is 553 g/mol. The van der Waals surface area contributed by atoms with Crippen LogP contribution in [0.4, 0.5) is 38.0 Å². The molecule has 38 heavy (non-hydrogen) atoms. The van der Waals surface area contributed by atoms with Gasteiger partial charge in [0, 0.05) is 38.6 Å². The maximum absolute atomic E-state index is 13.2. The van der Waals surface area contributed by atoms with Crippen LogP contribution >= 0.6 is 0 Å². The van der Waals surface area contributed by atoms with Gasteiger partial charge in [-0.2, -0.15) is 31.4 Å². The van der Waals surface area contributed by atoms with Gasteiger partial charge >= 0.3 is 12.4 Å². The molecule has 3 rings (SSSR count). The van der Waals surface area contributed by atoms with E-state index in [4.69, 9.17) is 4.74 Å². The lowest BCUT2D eigenvalue weighted by atomic mass is 10.1. The van der Waals surface area contributed by atoms with E-state index in [0.717, 1.165) is 6.20 Å². The summed E-state index contributed by atoms with van der Waals surface area (Å²) < 4.78 is 83.1. The molecule has 3 N–H and O–H groups in total. The van der Waals surface area contributed by atoms with Gasteiger partial charge in [0.05, 0.1) is 49.2 Å². The van der Waals surface area contributed by atoms with Crippen molar-refractivity contribution in [2.45, 2.75) is 37.8 Å². The van der Waals surface area contributed by atoms with Gasteiger partial charge in [0.15, 0.2) is 0 Å². The van der Waals surface area contributed by atoms with Gasteiger partial charge in [-0.1, -0.05) is 0 Å². The van der Waals surface area contributed by atoms with Crippen LogP contribution in [0.1, 0.15) is 24.5 Å². The van der Waals surface area contributed by atoms with E-state index in [1.54, 1.807) is 10.00 Å². The molecule has 2 atom stereocenters. The molecule has 1 fully saturated rings. The summed E-state index contributed by atoms with van der Waals surface area (Å²) in [6.07, 6.45) is -8.56. The standard InChI is InChI=1S/C21H25F6N7O4/c1-12(35)15(31-14-10-30-32-18(37)17(14)21(25,26)27)11-38-7-2-16(36)33-3-5-34(6-4-33)19-28-8-13(9-29-19)20(22,23)24/h8-10,12,15,35H,2-7,11H2,1H3,(H2,31,32,37)/t12?,15-/m1/s1. The van der Waals surface area contributed by atoms with E-state index < -0.39 is 46.9 Å². The number of H-pyrrole nitrogens is 1. The van der Waals surface area contributed by atoms with Crippen molar-refractivity contribution in [2.24, 2.45) is 0 Å². The number of carbonyl (C=O) groups excluding carboxylic acids is 1. The monoisotopic (exact) mass is 553 g/mol. The minimum atomic E-state index is -4.96. The Labute approximate surface area is 211 Å². The minimum Gasteiger partial charge on any atom is -0.391 e. The number of alkyl halides is 6. The molecule has 210 valence electrons. The highest BCUT2D eigenvalue weighted by molar-refractivity contribution is 5.76. The van der Waals surface area contributed by atoms with Gasteiger partial charge in [-0.05, 0) is 6.92 Å². The third kappa shape index (κ3) is 7.53. The van der Waals surface area contributed by atoms with Crippen LogP contribution in [0.3, 0.4) is 0 Å². The fourth-order valence-corrected chi connectivity index (χ4v) is 3.60. The predicted octanol–water partition coefficient (Wildman–Crippen LogP) is 1.51. The van der Waals surface area contributed by atoms with E-state index in [1.807, 2.05) is 0 Å². The first-order chi connectivity index (χ1) is 17.8. The molecular formula is C21H25F6N7O4. The van der Waals surface area contributed by atoms with Crippen molar-refractivity contribution < 1.29 is 41.0 Å². The summed E-state index contributed by atoms with van der Waals surface area (Å²) in [5.41, 5.74) is -4.52. The Kier molecular flexibility index (Phi) is 9.14. The van der Waals surface area contributed by atoms with Gasteiger partial charge in [0.1, 0.15) is 5.56 Å². The summed E-state index contributed by atoms with van der Waals surface area (Å²) >= 11 is 0. The van der Waals surface area contributed by atoms with Crippen LogP contribution in [0.25, 0.3) is 0 Å². The smallest absolute Gasteiger partial charge is 0.391 e. The fourth-order valence-electron chi connectivity index (χ4n) is 3.60. The molecule has 0 aromatic carbocycles. The molecule has 1 aliphatic heterocycles. The van der Waals surface area contributed by atoms with E-state index >= 15 is 0 Å². The molecule has 2 aromatic heterocycles. The number of ether oxygens (including phenoxy) is 1. The first kappa shape index (κ1) is 29.1. The number of hydrogen-bond acceptors (Lipinski definition) is 9. The van der Waals surface area contributed by atoms with Crippen molar-refractivity contribution in [1.82, 2.24) is 25.1 Å². The summed E-state index contributed by atoms with van der Waals surface area (Å²) in [4.78, 5) is 34.8. The van der Waals surface area contributed by atoms with Gasteiger partial charge in [0.25, 0.3) is 5.56 Å². The van der Waals surface area contributed by atoms with Crippen LogP contribution in [-0.2, 0) is 21.9 Å². The second-order valence-corrected chi connectivity index (χ2v) is 8.44. The molecule has 0 bridgehead atoms. The molecule has 1 unspecified atom stereocenters. The van der Waals surface area contributed by atoms with Crippen molar-refractivity contribution in [1.29, 1.82) is 0 Å². The number of aromatic nitrogens is 4. The fraction of sp³-hybridized carbons (Fsp3) is 0.571. The van der Waals surface area contributed by atoms with Gasteiger partial charge < -0.3 is 25.0 Å². The van der Waals surface area contributed by atoms with E-state index in [9.17, 15) is 41.0 Å². The number of anilines is 2. The number of nitrogens with one attached hydrogen (secondary N) is 2. The Hall–Kier alpha value is -3.47. The quantitative estimate of drug-likeness (QED) is 0.312. The van der Waals surface area contributed by atoms with E-state index in [2.05, 4.69) is 20.4 Å². The molecule has 0 spiro atoms. The number of aliphatic hydroxyl groups is 1. The van der Waals surface area contributed by atoms with Crippen LogP contribution in [0, 0.1) is 0 Å². The van der Waals surface area contributed by atoms with E-state index in [1.165, 1.54) is 11.8 Å². The highest BCUT2D eigenvalue weighted by Crippen LogP contribution is 2.32. The Morgan fingerprint density at radius 1 is 1.11 bits per heavy atom. The lowest BCUT2D eigenvalue weighted by molar-refractivity contribution is -0.139. The van der Waals surface area contributed by atoms with Crippen LogP contribution in [0.5, 0.6) is 0 Å². The van der Waals surface area contributed by atoms with Crippen LogP contribution in [0.2, 0.25) is 0 Å². The molecule has 0 aliphatic carbocycles. The molecule has 2 aromatic rings. The molecular weight excluding hydrogens is 528 g/mol. The maximum atomic E-state index is 13.2. The molecule has 17 heteroatoms. The minimum absolute atomic E-state index is 0.0519. The second kappa shape index (κ2) is 11.9. The summed E-state index contributed by atoms with van der Waals surface area (Å²) in [5.74, 6) is -0.146. The Bertz CT molecular complexity index is 1130. The first-order valence-electron chi connectivity index (χ1n) is 11.4. The van der Waals surface area contributed by atoms with E-state index in [-0.39, 0.29) is 44.6 Å². The zero-order chi connectivity index (χ0) is 28.1. The predicted molar refractivity (Wildman–Crippen MR) is 120 cm³/mol. The summed E-state index contributed by atoms with van der Waals surface area (Å²) in [5, 5.41) is 17.4. The molecule has 0 saturated carbocycles. The van der Waals surface area contributed by atoms with Crippen LogP contribution in [0.15, 0.2) is 23.4 Å². The Morgan fingerprint density at radius 3 is 2.29 bits per heavy atom. The number of nitrogens with zero attached hydrogens (tertiary/aromatic N) is 5. The first-order valence-corrected chi connectivity index (χ1v) is 11.4. The highest BCUT2D eigenvalue weighted by Gasteiger charge is 2.38. The largest absolute Gasteiger partial charge is 0.423 e. The topological polar surface area (TPSA) is 137 Å².